The predicted octanol–water partition coefficient (Wildman–Crippen LogP) is 1.91. The molecule has 0 bridgehead atoms. The van der Waals surface area contributed by atoms with Crippen molar-refractivity contribution in [3.63, 3.8) is 0 Å². The molecule has 1 amide bonds. The summed E-state index contributed by atoms with van der Waals surface area (Å²) >= 11 is 0. The lowest BCUT2D eigenvalue weighted by Gasteiger charge is -2.43. The highest BCUT2D eigenvalue weighted by molar-refractivity contribution is 5.98. The summed E-state index contributed by atoms with van der Waals surface area (Å²) in [6.07, 6.45) is 1.61. The van der Waals surface area contributed by atoms with E-state index < -0.39 is 0 Å². The molecule has 1 aromatic carbocycles. The third-order valence-electron chi connectivity index (χ3n) is 3.33. The molecule has 0 spiro atoms. The Kier molecular flexibility index (Phi) is 2.74. The number of hydrogen-bond donors (Lipinski definition) is 1. The predicted molar refractivity (Wildman–Crippen MR) is 76.2 cm³/mol. The highest BCUT2D eigenvalue weighted by atomic mass is 16.2. The quantitative estimate of drug-likeness (QED) is 0.860. The van der Waals surface area contributed by atoms with Crippen molar-refractivity contribution in [2.45, 2.75) is 26.8 Å². The van der Waals surface area contributed by atoms with Gasteiger partial charge in [-0.25, -0.2) is 4.68 Å². The molecule has 1 unspecified atom stereocenters. The average Bonchev–Trinajstić information content (AvgIpc) is 2.84. The number of nitrogens with zero attached hydrogens (tertiary/aromatic N) is 4. The number of benzene rings is 1. The zero-order valence-corrected chi connectivity index (χ0v) is 11.7. The van der Waals surface area contributed by atoms with Gasteiger partial charge in [-0.1, -0.05) is 39.0 Å². The van der Waals surface area contributed by atoms with Crippen LogP contribution in [0.1, 0.15) is 20.8 Å². The maximum Gasteiger partial charge on any atom is 0.252 e. The number of amides is 1. The largest absolute Gasteiger partial charge is 0.291 e. The van der Waals surface area contributed by atoms with Crippen LogP contribution in [-0.4, -0.2) is 26.8 Å². The molecule has 0 fully saturated rings. The van der Waals surface area contributed by atoms with Gasteiger partial charge in [0.05, 0.1) is 5.69 Å². The van der Waals surface area contributed by atoms with E-state index in [4.69, 9.17) is 0 Å². The number of rotatable bonds is 1. The van der Waals surface area contributed by atoms with E-state index in [1.54, 1.807) is 11.0 Å². The van der Waals surface area contributed by atoms with E-state index in [-0.39, 0.29) is 17.4 Å². The molecule has 104 valence electrons. The lowest BCUT2D eigenvalue weighted by atomic mass is 9.85. The van der Waals surface area contributed by atoms with Crippen molar-refractivity contribution < 1.29 is 4.79 Å². The van der Waals surface area contributed by atoms with E-state index >= 15 is 0 Å². The standard InChI is InChI=1S/C14H17N5O/c1-14(2,3)11-12(20)16-13-17-15-9-18(13)19(11)10-7-5-4-6-8-10/h4-9,11H,1-3H3,(H,16,17,20). The Hall–Kier alpha value is -2.37. The minimum absolute atomic E-state index is 0.0677. The Bertz CT molecular complexity index is 629. The van der Waals surface area contributed by atoms with Crippen LogP contribution >= 0.6 is 0 Å². The average molecular weight is 271 g/mol. The molecule has 1 aromatic heterocycles. The molecule has 2 aromatic rings. The van der Waals surface area contributed by atoms with Crippen molar-refractivity contribution in [2.24, 2.45) is 5.41 Å². The number of fused-ring (bicyclic) bond motifs is 1. The van der Waals surface area contributed by atoms with Crippen LogP contribution in [0.2, 0.25) is 0 Å². The van der Waals surface area contributed by atoms with Crippen LogP contribution in [-0.2, 0) is 4.79 Å². The minimum Gasteiger partial charge on any atom is -0.291 e. The summed E-state index contributed by atoms with van der Waals surface area (Å²) < 4.78 is 1.78. The van der Waals surface area contributed by atoms with Gasteiger partial charge >= 0.3 is 0 Å². The molecule has 0 saturated heterocycles. The van der Waals surface area contributed by atoms with Gasteiger partial charge in [0.15, 0.2) is 0 Å². The second-order valence-corrected chi connectivity index (χ2v) is 5.94. The fraction of sp³-hybridized carbons (Fsp3) is 0.357. The van der Waals surface area contributed by atoms with Crippen molar-refractivity contribution in [1.82, 2.24) is 14.9 Å². The van der Waals surface area contributed by atoms with Crippen molar-refractivity contribution >= 4 is 17.5 Å². The third-order valence-corrected chi connectivity index (χ3v) is 3.33. The summed E-state index contributed by atoms with van der Waals surface area (Å²) in [6.45, 7) is 6.13. The van der Waals surface area contributed by atoms with Crippen LogP contribution in [0.3, 0.4) is 0 Å². The number of carbonyl (C=O) groups is 1. The second kappa shape index (κ2) is 4.33. The Morgan fingerprint density at radius 3 is 2.55 bits per heavy atom. The number of hydrogen-bond acceptors (Lipinski definition) is 4. The summed E-state index contributed by atoms with van der Waals surface area (Å²) in [5.41, 5.74) is 0.699. The summed E-state index contributed by atoms with van der Waals surface area (Å²) in [5, 5.41) is 12.6. The summed E-state index contributed by atoms with van der Waals surface area (Å²) in [7, 11) is 0. The summed E-state index contributed by atoms with van der Waals surface area (Å²) in [6, 6.07) is 9.46. The molecular weight excluding hydrogens is 254 g/mol. The highest BCUT2D eigenvalue weighted by Gasteiger charge is 2.42. The van der Waals surface area contributed by atoms with Crippen LogP contribution in [0.5, 0.6) is 0 Å². The van der Waals surface area contributed by atoms with Crippen molar-refractivity contribution in [2.75, 3.05) is 10.3 Å². The van der Waals surface area contributed by atoms with Crippen molar-refractivity contribution in [3.05, 3.63) is 36.7 Å². The number of anilines is 2. The normalized spacial score (nSPS) is 18.6. The molecule has 6 heteroatoms. The number of carbonyl (C=O) groups excluding carboxylic acids is 1. The smallest absolute Gasteiger partial charge is 0.252 e. The van der Waals surface area contributed by atoms with Gasteiger partial charge in [0.1, 0.15) is 12.4 Å². The first-order valence-corrected chi connectivity index (χ1v) is 6.54. The minimum atomic E-state index is -0.339. The van der Waals surface area contributed by atoms with Crippen LogP contribution in [0, 0.1) is 5.41 Å². The van der Waals surface area contributed by atoms with Crippen LogP contribution in [0.4, 0.5) is 11.6 Å². The molecule has 0 aliphatic carbocycles. The van der Waals surface area contributed by atoms with Gasteiger partial charge in [-0.2, -0.15) is 0 Å². The first-order chi connectivity index (χ1) is 9.48. The van der Waals surface area contributed by atoms with Gasteiger partial charge < -0.3 is 0 Å². The number of nitrogens with one attached hydrogen (secondary N) is 1. The molecule has 0 radical (unpaired) electrons. The van der Waals surface area contributed by atoms with E-state index in [1.165, 1.54) is 0 Å². The maximum atomic E-state index is 12.5. The molecule has 20 heavy (non-hydrogen) atoms. The van der Waals surface area contributed by atoms with E-state index in [9.17, 15) is 4.79 Å². The van der Waals surface area contributed by atoms with E-state index in [0.717, 1.165) is 5.69 Å². The van der Waals surface area contributed by atoms with Gasteiger partial charge in [0, 0.05) is 0 Å². The van der Waals surface area contributed by atoms with Gasteiger partial charge in [-0.15, -0.1) is 10.2 Å². The molecular formula is C14H17N5O. The first kappa shape index (κ1) is 12.7. The van der Waals surface area contributed by atoms with Gasteiger partial charge in [-0.05, 0) is 17.5 Å². The Balaban J connectivity index is 2.17. The van der Waals surface area contributed by atoms with E-state index in [0.29, 0.717) is 5.95 Å². The van der Waals surface area contributed by atoms with Gasteiger partial charge in [0.25, 0.3) is 11.9 Å². The fourth-order valence-electron chi connectivity index (χ4n) is 2.50. The lowest BCUT2D eigenvalue weighted by Crippen LogP contribution is -2.57. The Morgan fingerprint density at radius 1 is 1.20 bits per heavy atom. The maximum absolute atomic E-state index is 12.5. The lowest BCUT2D eigenvalue weighted by molar-refractivity contribution is -0.120. The first-order valence-electron chi connectivity index (χ1n) is 6.54. The Morgan fingerprint density at radius 2 is 1.90 bits per heavy atom. The van der Waals surface area contributed by atoms with Gasteiger partial charge in [0.2, 0.25) is 0 Å². The van der Waals surface area contributed by atoms with Crippen molar-refractivity contribution in [1.29, 1.82) is 0 Å². The topological polar surface area (TPSA) is 63.1 Å². The molecule has 3 rings (SSSR count). The molecule has 0 saturated carbocycles. The highest BCUT2D eigenvalue weighted by Crippen LogP contribution is 2.33. The third kappa shape index (κ3) is 1.93. The van der Waals surface area contributed by atoms with Crippen LogP contribution in [0.25, 0.3) is 0 Å². The number of aromatic nitrogens is 3. The molecule has 6 nitrogen and oxygen atoms in total. The monoisotopic (exact) mass is 271 g/mol. The SMILES string of the molecule is CC(C)(C)C1C(=O)Nc2nncn2N1c1ccccc1. The van der Waals surface area contributed by atoms with Crippen molar-refractivity contribution in [3.8, 4) is 0 Å². The van der Waals surface area contributed by atoms with Gasteiger partial charge in [-0.3, -0.25) is 15.1 Å². The molecule has 1 atom stereocenters. The molecule has 2 heterocycles. The van der Waals surface area contributed by atoms with E-state index in [2.05, 4.69) is 15.5 Å². The second-order valence-electron chi connectivity index (χ2n) is 5.94. The van der Waals surface area contributed by atoms with E-state index in [1.807, 2.05) is 56.1 Å². The van der Waals surface area contributed by atoms with Crippen LogP contribution < -0.4 is 10.3 Å². The molecule has 1 aliphatic heterocycles. The van der Waals surface area contributed by atoms with Crippen LogP contribution in [0.15, 0.2) is 36.7 Å². The zero-order chi connectivity index (χ0) is 14.3. The Labute approximate surface area is 117 Å². The molecule has 1 aliphatic rings. The number of para-hydroxylation sites is 1. The summed E-state index contributed by atoms with van der Waals surface area (Å²) in [4.78, 5) is 12.5. The summed E-state index contributed by atoms with van der Waals surface area (Å²) in [5.74, 6) is 0.376. The zero-order valence-electron chi connectivity index (χ0n) is 11.7. The fourth-order valence-corrected chi connectivity index (χ4v) is 2.50. The molecule has 1 N–H and O–H groups in total.